The molecule has 0 heterocycles. The van der Waals surface area contributed by atoms with Crippen LogP contribution in [0.5, 0.6) is 0 Å². The van der Waals surface area contributed by atoms with Gasteiger partial charge in [-0.25, -0.2) is 9.59 Å². The number of rotatable bonds is 8. The summed E-state index contributed by atoms with van der Waals surface area (Å²) < 4.78 is 5.49. The van der Waals surface area contributed by atoms with Crippen LogP contribution >= 0.6 is 0 Å². The first-order valence-corrected chi connectivity index (χ1v) is 12.4. The fourth-order valence-electron chi connectivity index (χ4n) is 5.20. The molecule has 1 amide bonds. The number of benzene rings is 2. The van der Waals surface area contributed by atoms with E-state index in [1.54, 1.807) is 0 Å². The summed E-state index contributed by atoms with van der Waals surface area (Å²) in [6, 6.07) is 14.9. The van der Waals surface area contributed by atoms with E-state index in [1.165, 1.54) is 6.92 Å². The van der Waals surface area contributed by atoms with E-state index in [1.807, 2.05) is 50.2 Å². The Hall–Kier alpha value is -3.94. The largest absolute Gasteiger partial charge is 0.511 e. The molecule has 0 saturated carbocycles. The highest BCUT2D eigenvalue weighted by Crippen LogP contribution is 2.44. The number of aliphatic imine (C=N–C) groups is 1. The number of hydrogen-bond acceptors (Lipinski definition) is 6. The fourth-order valence-corrected chi connectivity index (χ4v) is 5.20. The zero-order chi connectivity index (χ0) is 26.7. The van der Waals surface area contributed by atoms with Crippen LogP contribution in [-0.4, -0.2) is 53.0 Å². The molecule has 8 nitrogen and oxygen atoms in total. The zero-order valence-corrected chi connectivity index (χ0v) is 21.3. The van der Waals surface area contributed by atoms with E-state index in [-0.39, 0.29) is 60.2 Å². The molecule has 0 saturated heterocycles. The lowest BCUT2D eigenvalue weighted by atomic mass is 9.76. The maximum atomic E-state index is 12.5. The molecule has 2 aliphatic rings. The molecule has 0 radical (unpaired) electrons. The fraction of sp³-hybridized carbons (Fsp3) is 0.379. The van der Waals surface area contributed by atoms with Gasteiger partial charge < -0.3 is 20.3 Å². The Morgan fingerprint density at radius 2 is 1.68 bits per heavy atom. The van der Waals surface area contributed by atoms with Gasteiger partial charge in [-0.2, -0.15) is 0 Å². The number of fused-ring (bicyclic) bond motifs is 3. The number of amides is 1. The highest BCUT2D eigenvalue weighted by Gasteiger charge is 2.34. The Kier molecular flexibility index (Phi) is 7.47. The van der Waals surface area contributed by atoms with Gasteiger partial charge in [-0.05, 0) is 41.0 Å². The van der Waals surface area contributed by atoms with Gasteiger partial charge in [0.05, 0.1) is 5.57 Å². The topological polar surface area (TPSA) is 125 Å². The summed E-state index contributed by atoms with van der Waals surface area (Å²) in [5.41, 5.74) is 4.39. The number of Topliss-reactive ketones (excluding diaryl/α,β-unsaturated/α-hetero) is 1. The van der Waals surface area contributed by atoms with Crippen molar-refractivity contribution in [1.82, 2.24) is 5.32 Å². The monoisotopic (exact) mass is 504 g/mol. The van der Waals surface area contributed by atoms with Crippen LogP contribution in [0.2, 0.25) is 0 Å². The van der Waals surface area contributed by atoms with Crippen molar-refractivity contribution in [2.24, 2.45) is 10.4 Å². The normalized spacial score (nSPS) is 17.7. The number of ether oxygens (including phenoxy) is 1. The molecule has 0 spiro atoms. The molecule has 8 heteroatoms. The van der Waals surface area contributed by atoms with Crippen molar-refractivity contribution in [3.63, 3.8) is 0 Å². The Morgan fingerprint density at radius 1 is 1.08 bits per heavy atom. The molecule has 1 atom stereocenters. The summed E-state index contributed by atoms with van der Waals surface area (Å²) in [5, 5.41) is 22.6. The molecule has 4 rings (SSSR count). The summed E-state index contributed by atoms with van der Waals surface area (Å²) >= 11 is 0. The third-order valence-electron chi connectivity index (χ3n) is 6.88. The van der Waals surface area contributed by atoms with Gasteiger partial charge in [0.25, 0.3) is 0 Å². The average molecular weight is 505 g/mol. The van der Waals surface area contributed by atoms with Crippen molar-refractivity contribution in [1.29, 1.82) is 0 Å². The maximum Gasteiger partial charge on any atom is 0.407 e. The number of aliphatic carboxylic acids is 1. The number of ketones is 1. The number of aliphatic hydroxyl groups is 1. The third-order valence-corrected chi connectivity index (χ3v) is 6.88. The van der Waals surface area contributed by atoms with Crippen molar-refractivity contribution in [3.05, 3.63) is 71.0 Å². The second-order valence-electron chi connectivity index (χ2n) is 10.4. The number of nitrogens with zero attached hydrogens (tertiary/aromatic N) is 1. The number of aliphatic hydroxyl groups excluding tert-OH is 1. The van der Waals surface area contributed by atoms with Gasteiger partial charge in [0, 0.05) is 31.0 Å². The summed E-state index contributed by atoms with van der Waals surface area (Å²) in [6.07, 6.45) is -0.0656. The molecule has 2 aromatic carbocycles. The smallest absolute Gasteiger partial charge is 0.407 e. The van der Waals surface area contributed by atoms with Gasteiger partial charge in [0.1, 0.15) is 18.4 Å². The number of alkyl carbamates (subject to hydrolysis) is 1. The standard InChI is InChI=1S/C29H32N2O6/c1-17(26-24(32)14-29(2,3)15-25(26)33)31-23(27(34)35)12-13-30-28(36)37-16-22-20-10-6-4-8-18(20)19-9-5-7-11-21(19)22/h4-11,22-23,32H,12-16H2,1-3H3,(H,30,36)(H,34,35). The van der Waals surface area contributed by atoms with E-state index in [0.717, 1.165) is 22.3 Å². The lowest BCUT2D eigenvalue weighted by Crippen LogP contribution is -2.32. The summed E-state index contributed by atoms with van der Waals surface area (Å²) in [4.78, 5) is 40.9. The molecule has 0 bridgehead atoms. The minimum atomic E-state index is -1.18. The van der Waals surface area contributed by atoms with E-state index < -0.39 is 18.1 Å². The number of carbonyl (C=O) groups is 3. The molecule has 2 aliphatic carbocycles. The first-order chi connectivity index (χ1) is 17.6. The Labute approximate surface area is 216 Å². The van der Waals surface area contributed by atoms with Crippen LogP contribution < -0.4 is 5.32 Å². The number of carboxylic acid groups (broad SMARTS) is 1. The lowest BCUT2D eigenvalue weighted by Gasteiger charge is -2.29. The van der Waals surface area contributed by atoms with Crippen molar-refractivity contribution >= 4 is 23.6 Å². The second kappa shape index (κ2) is 10.6. The van der Waals surface area contributed by atoms with E-state index in [9.17, 15) is 24.6 Å². The molecule has 2 aromatic rings. The molecule has 194 valence electrons. The summed E-state index contributed by atoms with van der Waals surface area (Å²) in [7, 11) is 0. The number of allylic oxidation sites excluding steroid dienone is 2. The first kappa shape index (κ1) is 26.1. The molecule has 3 N–H and O–H groups in total. The van der Waals surface area contributed by atoms with Crippen molar-refractivity contribution in [2.75, 3.05) is 13.2 Å². The maximum absolute atomic E-state index is 12.5. The van der Waals surface area contributed by atoms with Crippen LogP contribution in [0.1, 0.15) is 57.1 Å². The highest BCUT2D eigenvalue weighted by atomic mass is 16.5. The van der Waals surface area contributed by atoms with E-state index in [0.29, 0.717) is 6.42 Å². The van der Waals surface area contributed by atoms with Gasteiger partial charge in [-0.15, -0.1) is 0 Å². The van der Waals surface area contributed by atoms with Crippen LogP contribution in [0.3, 0.4) is 0 Å². The number of hydrogen-bond donors (Lipinski definition) is 3. The Morgan fingerprint density at radius 3 is 2.24 bits per heavy atom. The van der Waals surface area contributed by atoms with Gasteiger partial charge in [-0.1, -0.05) is 62.4 Å². The SMILES string of the molecule is CC(=NC(CCNC(=O)OCC1c2ccccc2-c2ccccc21)C(=O)O)C1=C(O)CC(C)(C)CC1=O. The Balaban J connectivity index is 1.34. The molecule has 0 fully saturated rings. The average Bonchev–Trinajstić information content (AvgIpc) is 3.14. The molecular formula is C29H32N2O6. The molecule has 0 aromatic heterocycles. The number of carboxylic acids is 1. The van der Waals surface area contributed by atoms with Crippen LogP contribution in [0, 0.1) is 5.41 Å². The number of carbonyl (C=O) groups excluding carboxylic acids is 2. The van der Waals surface area contributed by atoms with Gasteiger partial charge >= 0.3 is 12.1 Å². The second-order valence-corrected chi connectivity index (χ2v) is 10.4. The molecule has 1 unspecified atom stereocenters. The third kappa shape index (κ3) is 5.74. The van der Waals surface area contributed by atoms with Crippen molar-refractivity contribution in [3.8, 4) is 11.1 Å². The Bertz CT molecular complexity index is 1250. The van der Waals surface area contributed by atoms with Gasteiger partial charge in [0.2, 0.25) is 0 Å². The summed E-state index contributed by atoms with van der Waals surface area (Å²) in [5.74, 6) is -1.58. The van der Waals surface area contributed by atoms with E-state index in [4.69, 9.17) is 4.74 Å². The highest BCUT2D eigenvalue weighted by molar-refractivity contribution is 6.22. The van der Waals surface area contributed by atoms with Crippen molar-refractivity contribution in [2.45, 2.75) is 52.0 Å². The zero-order valence-electron chi connectivity index (χ0n) is 21.3. The van der Waals surface area contributed by atoms with E-state index >= 15 is 0 Å². The molecule has 0 aliphatic heterocycles. The minimum Gasteiger partial charge on any atom is -0.511 e. The van der Waals surface area contributed by atoms with Gasteiger partial charge in [-0.3, -0.25) is 9.79 Å². The number of nitrogens with one attached hydrogen (secondary N) is 1. The first-order valence-electron chi connectivity index (χ1n) is 12.4. The molecule has 37 heavy (non-hydrogen) atoms. The predicted octanol–water partition coefficient (Wildman–Crippen LogP) is 5.03. The van der Waals surface area contributed by atoms with Crippen LogP contribution in [-0.2, 0) is 14.3 Å². The van der Waals surface area contributed by atoms with E-state index in [2.05, 4.69) is 22.4 Å². The van der Waals surface area contributed by atoms with Crippen molar-refractivity contribution < 1.29 is 29.3 Å². The minimum absolute atomic E-state index is 0.00456. The lowest BCUT2D eigenvalue weighted by molar-refractivity contribution is -0.138. The van der Waals surface area contributed by atoms with Crippen LogP contribution in [0.4, 0.5) is 4.79 Å². The van der Waals surface area contributed by atoms with Gasteiger partial charge in [0.15, 0.2) is 5.78 Å². The van der Waals surface area contributed by atoms with Crippen LogP contribution in [0.15, 0.2) is 64.9 Å². The predicted molar refractivity (Wildman–Crippen MR) is 140 cm³/mol. The molecular weight excluding hydrogens is 472 g/mol. The van der Waals surface area contributed by atoms with Crippen LogP contribution in [0.25, 0.3) is 11.1 Å². The summed E-state index contributed by atoms with van der Waals surface area (Å²) in [6.45, 7) is 5.48. The quantitative estimate of drug-likeness (QED) is 0.433.